The molecule has 1 saturated carbocycles. The molecule has 0 aliphatic heterocycles. The Hall–Kier alpha value is -2.41. The number of nitrogens with one attached hydrogen (secondary N) is 1. The van der Waals surface area contributed by atoms with Gasteiger partial charge in [0.1, 0.15) is 11.6 Å². The lowest BCUT2D eigenvalue weighted by Gasteiger charge is -2.15. The number of fused-ring (bicyclic) bond motifs is 1. The van der Waals surface area contributed by atoms with Crippen LogP contribution in [0.4, 0.5) is 0 Å². The summed E-state index contributed by atoms with van der Waals surface area (Å²) in [6.45, 7) is 0. The van der Waals surface area contributed by atoms with Crippen molar-refractivity contribution in [3.63, 3.8) is 0 Å². The van der Waals surface area contributed by atoms with Crippen LogP contribution in [-0.4, -0.2) is 43.6 Å². The largest absolute Gasteiger partial charge is 0.473 e. The van der Waals surface area contributed by atoms with Gasteiger partial charge in [-0.05, 0) is 32.4 Å². The second-order valence-electron chi connectivity index (χ2n) is 6.03. The lowest BCUT2D eigenvalue weighted by atomic mass is 10.2. The van der Waals surface area contributed by atoms with Crippen molar-refractivity contribution in [2.75, 3.05) is 7.05 Å². The minimum atomic E-state index is 0.197. The molecule has 3 aromatic rings. The first-order valence-corrected chi connectivity index (χ1v) is 7.90. The average Bonchev–Trinajstić information content (AvgIpc) is 3.26. The van der Waals surface area contributed by atoms with Crippen LogP contribution >= 0.6 is 0 Å². The van der Waals surface area contributed by atoms with Crippen LogP contribution in [0.1, 0.15) is 19.3 Å². The van der Waals surface area contributed by atoms with Crippen LogP contribution < -0.4 is 10.1 Å². The van der Waals surface area contributed by atoms with Gasteiger partial charge in [0, 0.05) is 24.8 Å². The van der Waals surface area contributed by atoms with Gasteiger partial charge in [-0.2, -0.15) is 10.2 Å². The maximum absolute atomic E-state index is 6.21. The maximum Gasteiger partial charge on any atom is 0.240 e. The first-order valence-electron chi connectivity index (χ1n) is 7.90. The highest BCUT2D eigenvalue weighted by Crippen LogP contribution is 2.28. The molecule has 3 aromatic heterocycles. The fraction of sp³-hybridized carbons (Fsp3) is 0.438. The monoisotopic (exact) mass is 312 g/mol. The topological polar surface area (TPSA) is 69.3 Å². The zero-order valence-electron chi connectivity index (χ0n) is 13.3. The quantitative estimate of drug-likeness (QED) is 0.793. The van der Waals surface area contributed by atoms with Crippen LogP contribution in [0.3, 0.4) is 0 Å². The Balaban J connectivity index is 1.69. The van der Waals surface area contributed by atoms with E-state index in [-0.39, 0.29) is 6.10 Å². The van der Waals surface area contributed by atoms with Gasteiger partial charge < -0.3 is 10.1 Å². The van der Waals surface area contributed by atoms with Crippen molar-refractivity contribution in [1.29, 1.82) is 0 Å². The summed E-state index contributed by atoms with van der Waals surface area (Å²) in [6, 6.07) is 2.46. The van der Waals surface area contributed by atoms with E-state index in [0.717, 1.165) is 36.0 Å². The Morgan fingerprint density at radius 2 is 2.17 bits per heavy atom. The van der Waals surface area contributed by atoms with Crippen molar-refractivity contribution >= 4 is 5.52 Å². The van der Waals surface area contributed by atoms with Crippen molar-refractivity contribution in [1.82, 2.24) is 29.7 Å². The summed E-state index contributed by atoms with van der Waals surface area (Å²) < 4.78 is 9.79. The molecular weight excluding hydrogens is 292 g/mol. The van der Waals surface area contributed by atoms with Gasteiger partial charge in [0.25, 0.3) is 0 Å². The molecule has 1 aliphatic rings. The molecule has 1 aliphatic carbocycles. The number of aryl methyl sites for hydroxylation is 1. The predicted molar refractivity (Wildman–Crippen MR) is 86.3 cm³/mol. The van der Waals surface area contributed by atoms with Crippen molar-refractivity contribution in [3.8, 4) is 17.1 Å². The molecule has 4 rings (SSSR count). The second-order valence-corrected chi connectivity index (χ2v) is 6.03. The molecule has 1 N–H and O–H groups in total. The van der Waals surface area contributed by atoms with Crippen LogP contribution in [0.25, 0.3) is 16.8 Å². The molecule has 2 atom stereocenters. The highest BCUT2D eigenvalue weighted by atomic mass is 16.5. The number of rotatable bonds is 4. The predicted octanol–water partition coefficient (Wildman–Crippen LogP) is 1.65. The second kappa shape index (κ2) is 5.66. The molecule has 120 valence electrons. The molecule has 0 bridgehead atoms. The van der Waals surface area contributed by atoms with Crippen molar-refractivity contribution in [2.24, 2.45) is 7.05 Å². The first-order chi connectivity index (χ1) is 11.2. The summed E-state index contributed by atoms with van der Waals surface area (Å²) in [5.41, 5.74) is 2.66. The van der Waals surface area contributed by atoms with E-state index < -0.39 is 0 Å². The van der Waals surface area contributed by atoms with Crippen LogP contribution in [0.15, 0.2) is 30.9 Å². The van der Waals surface area contributed by atoms with Crippen LogP contribution in [0.2, 0.25) is 0 Å². The molecule has 3 heterocycles. The van der Waals surface area contributed by atoms with Gasteiger partial charge >= 0.3 is 0 Å². The van der Waals surface area contributed by atoms with E-state index in [0.29, 0.717) is 11.9 Å². The summed E-state index contributed by atoms with van der Waals surface area (Å²) in [6.07, 6.45) is 10.8. The van der Waals surface area contributed by atoms with E-state index in [1.807, 2.05) is 37.1 Å². The number of hydrogen-bond donors (Lipinski definition) is 1. The van der Waals surface area contributed by atoms with Crippen molar-refractivity contribution < 1.29 is 4.74 Å². The summed E-state index contributed by atoms with van der Waals surface area (Å²) in [5, 5.41) is 11.9. The lowest BCUT2D eigenvalue weighted by Crippen LogP contribution is -2.23. The summed E-state index contributed by atoms with van der Waals surface area (Å²) in [5.74, 6) is 0.644. The van der Waals surface area contributed by atoms with Gasteiger partial charge in [0.15, 0.2) is 0 Å². The molecule has 7 heteroatoms. The Morgan fingerprint density at radius 1 is 1.26 bits per heavy atom. The van der Waals surface area contributed by atoms with Crippen LogP contribution in [0.5, 0.6) is 5.88 Å². The van der Waals surface area contributed by atoms with Crippen molar-refractivity contribution in [3.05, 3.63) is 30.9 Å². The normalized spacial score (nSPS) is 21.1. The molecule has 0 radical (unpaired) electrons. The highest BCUT2D eigenvalue weighted by molar-refractivity contribution is 5.63. The zero-order valence-corrected chi connectivity index (χ0v) is 13.3. The molecule has 0 amide bonds. The van der Waals surface area contributed by atoms with Gasteiger partial charge in [0.05, 0.1) is 24.3 Å². The highest BCUT2D eigenvalue weighted by Gasteiger charge is 2.26. The number of nitrogens with zero attached hydrogens (tertiary/aromatic N) is 5. The molecule has 0 unspecified atom stereocenters. The Labute approximate surface area is 134 Å². The van der Waals surface area contributed by atoms with Crippen molar-refractivity contribution in [2.45, 2.75) is 31.4 Å². The minimum absolute atomic E-state index is 0.197. The third-order valence-electron chi connectivity index (χ3n) is 4.43. The van der Waals surface area contributed by atoms with Gasteiger partial charge in [-0.25, -0.2) is 9.50 Å². The third-order valence-corrected chi connectivity index (χ3v) is 4.43. The smallest absolute Gasteiger partial charge is 0.240 e. The fourth-order valence-corrected chi connectivity index (χ4v) is 3.14. The molecule has 0 spiro atoms. The van der Waals surface area contributed by atoms with E-state index in [9.17, 15) is 0 Å². The molecule has 7 nitrogen and oxygen atoms in total. The van der Waals surface area contributed by atoms with Gasteiger partial charge in [-0.1, -0.05) is 0 Å². The number of ether oxygens (including phenoxy) is 1. The summed E-state index contributed by atoms with van der Waals surface area (Å²) in [4.78, 5) is 4.71. The maximum atomic E-state index is 6.21. The Bertz CT molecular complexity index is 823. The van der Waals surface area contributed by atoms with Gasteiger partial charge in [0.2, 0.25) is 5.88 Å². The zero-order chi connectivity index (χ0) is 15.8. The molecule has 1 fully saturated rings. The molecule has 23 heavy (non-hydrogen) atoms. The minimum Gasteiger partial charge on any atom is -0.473 e. The van der Waals surface area contributed by atoms with Crippen LogP contribution in [0, 0.1) is 0 Å². The fourth-order valence-electron chi connectivity index (χ4n) is 3.14. The summed E-state index contributed by atoms with van der Waals surface area (Å²) in [7, 11) is 3.90. The SMILES string of the molecule is CN[C@@H]1CC[C@H](Oc2nc(-c3cnn(C)c3)cn3nccc23)C1. The number of aromatic nitrogens is 5. The average molecular weight is 312 g/mol. The van der Waals surface area contributed by atoms with E-state index in [1.165, 1.54) is 0 Å². The van der Waals surface area contributed by atoms with E-state index in [2.05, 4.69) is 15.5 Å². The lowest BCUT2D eigenvalue weighted by molar-refractivity contribution is 0.200. The van der Waals surface area contributed by atoms with Gasteiger partial charge in [-0.15, -0.1) is 0 Å². The summed E-state index contributed by atoms with van der Waals surface area (Å²) >= 11 is 0. The van der Waals surface area contributed by atoms with Crippen LogP contribution in [-0.2, 0) is 7.05 Å². The first kappa shape index (κ1) is 14.2. The molecule has 0 saturated heterocycles. The van der Waals surface area contributed by atoms with E-state index in [1.54, 1.807) is 17.1 Å². The molecule has 0 aromatic carbocycles. The number of hydrogen-bond acceptors (Lipinski definition) is 5. The third kappa shape index (κ3) is 2.68. The Morgan fingerprint density at radius 3 is 2.91 bits per heavy atom. The van der Waals surface area contributed by atoms with Gasteiger partial charge in [-0.3, -0.25) is 4.68 Å². The van der Waals surface area contributed by atoms with E-state index >= 15 is 0 Å². The Kier molecular flexibility index (Phi) is 3.49. The standard InChI is InChI=1S/C16H20N6O/c1-17-12-3-4-13(7-12)23-16-15-5-6-18-22(15)10-14(20-16)11-8-19-21(2)9-11/h5-6,8-10,12-13,17H,3-4,7H2,1-2H3/t12-,13+/m1/s1. The van der Waals surface area contributed by atoms with E-state index in [4.69, 9.17) is 9.72 Å². The molecular formula is C16H20N6O.